The third kappa shape index (κ3) is 2.11. The minimum atomic E-state index is -0.628. The Morgan fingerprint density at radius 2 is 2.08 bits per heavy atom. The van der Waals surface area contributed by atoms with Gasteiger partial charge in [0.25, 0.3) is 0 Å². The van der Waals surface area contributed by atoms with Crippen molar-refractivity contribution in [1.82, 2.24) is 0 Å². The van der Waals surface area contributed by atoms with Gasteiger partial charge < -0.3 is 4.74 Å². The van der Waals surface area contributed by atoms with E-state index in [9.17, 15) is 0 Å². The van der Waals surface area contributed by atoms with E-state index < -0.39 is 8.80 Å². The van der Waals surface area contributed by atoms with Crippen LogP contribution in [0.25, 0.3) is 0 Å². The highest BCUT2D eigenvalue weighted by Crippen LogP contribution is 2.31. The second kappa shape index (κ2) is 4.42. The van der Waals surface area contributed by atoms with Crippen LogP contribution in [0.2, 0.25) is 13.1 Å². The van der Waals surface area contributed by atoms with Crippen LogP contribution in [0.15, 0.2) is 0 Å². The lowest BCUT2D eigenvalue weighted by Crippen LogP contribution is -2.47. The predicted octanol–water partition coefficient (Wildman–Crippen LogP) is 2.75. The average molecular weight is 186 g/mol. The fourth-order valence-corrected chi connectivity index (χ4v) is 4.34. The molecule has 0 bridgehead atoms. The van der Waals surface area contributed by atoms with E-state index in [1.165, 1.54) is 32.1 Å². The molecule has 1 heterocycles. The Balaban J connectivity index is 2.56. The highest BCUT2D eigenvalue weighted by Gasteiger charge is 2.35. The topological polar surface area (TPSA) is 9.23 Å². The molecule has 0 aromatic rings. The zero-order chi connectivity index (χ0) is 9.03. The molecule has 0 spiro atoms. The summed E-state index contributed by atoms with van der Waals surface area (Å²) in [6.07, 6.45) is 6.60. The molecule has 0 aromatic carbocycles. The van der Waals surface area contributed by atoms with Crippen LogP contribution in [0.4, 0.5) is 0 Å². The first-order chi connectivity index (χ1) is 5.71. The maximum atomic E-state index is 6.03. The van der Waals surface area contributed by atoms with Gasteiger partial charge in [-0.3, -0.25) is 0 Å². The van der Waals surface area contributed by atoms with Crippen LogP contribution in [-0.4, -0.2) is 20.6 Å². The maximum absolute atomic E-state index is 6.03. The van der Waals surface area contributed by atoms with Gasteiger partial charge in [-0.2, -0.15) is 0 Å². The highest BCUT2D eigenvalue weighted by atomic mass is 28.3. The molecule has 1 rings (SSSR count). The number of hydrogen-bond acceptors (Lipinski definition) is 1. The lowest BCUT2D eigenvalue weighted by atomic mass is 10.0. The van der Waals surface area contributed by atoms with E-state index in [4.69, 9.17) is 4.74 Å². The third-order valence-corrected chi connectivity index (χ3v) is 5.96. The van der Waals surface area contributed by atoms with Crippen molar-refractivity contribution in [3.63, 3.8) is 0 Å². The van der Waals surface area contributed by atoms with E-state index in [1.807, 2.05) is 0 Å². The van der Waals surface area contributed by atoms with Gasteiger partial charge in [0.2, 0.25) is 0 Å². The molecule has 0 saturated carbocycles. The molecule has 1 atom stereocenters. The van der Waals surface area contributed by atoms with E-state index in [1.54, 1.807) is 0 Å². The lowest BCUT2D eigenvalue weighted by Gasteiger charge is -2.40. The van der Waals surface area contributed by atoms with E-state index in [0.29, 0.717) is 5.22 Å². The second-order valence-corrected chi connectivity index (χ2v) is 7.64. The summed E-state index contributed by atoms with van der Waals surface area (Å²) in [4.78, 5) is 0. The molecule has 0 N–H and O–H groups in total. The summed E-state index contributed by atoms with van der Waals surface area (Å²) in [6, 6.07) is 0. The van der Waals surface area contributed by atoms with Crippen molar-refractivity contribution < 1.29 is 4.74 Å². The molecule has 1 aliphatic heterocycles. The van der Waals surface area contributed by atoms with Crippen molar-refractivity contribution in [2.45, 2.75) is 57.3 Å². The summed E-state index contributed by atoms with van der Waals surface area (Å²) in [7, 11) is -0.628. The van der Waals surface area contributed by atoms with Gasteiger partial charge in [0.05, 0.1) is 14.0 Å². The first kappa shape index (κ1) is 10.3. The summed E-state index contributed by atoms with van der Waals surface area (Å²) in [5.41, 5.74) is 0. The summed E-state index contributed by atoms with van der Waals surface area (Å²) in [5, 5.41) is 0.368. The standard InChI is InChI=1S/C10H22OSi/c1-4-7-10(12(2)3)8-5-6-9-11-10/h12H,4-9H2,1-3H3. The Kier molecular flexibility index (Phi) is 3.78. The van der Waals surface area contributed by atoms with Crippen LogP contribution in [0.1, 0.15) is 39.0 Å². The fraction of sp³-hybridized carbons (Fsp3) is 1.00. The lowest BCUT2D eigenvalue weighted by molar-refractivity contribution is -0.0281. The van der Waals surface area contributed by atoms with E-state index in [-0.39, 0.29) is 0 Å². The first-order valence-corrected chi connectivity index (χ1v) is 8.24. The molecule has 0 aromatic heterocycles. The molecule has 1 saturated heterocycles. The molecule has 0 radical (unpaired) electrons. The van der Waals surface area contributed by atoms with E-state index in [0.717, 1.165) is 6.61 Å². The molecule has 1 nitrogen and oxygen atoms in total. The Hall–Kier alpha value is 0.177. The van der Waals surface area contributed by atoms with Crippen molar-refractivity contribution in [3.8, 4) is 0 Å². The summed E-state index contributed by atoms with van der Waals surface area (Å²) >= 11 is 0. The number of hydrogen-bond donors (Lipinski definition) is 0. The van der Waals surface area contributed by atoms with Crippen LogP contribution in [0.5, 0.6) is 0 Å². The minimum Gasteiger partial charge on any atom is -0.379 e. The highest BCUT2D eigenvalue weighted by molar-refractivity contribution is 6.59. The van der Waals surface area contributed by atoms with Crippen molar-refractivity contribution >= 4 is 8.80 Å². The normalized spacial score (nSPS) is 31.0. The minimum absolute atomic E-state index is 0.368. The first-order valence-electron chi connectivity index (χ1n) is 5.35. The molecule has 72 valence electrons. The molecule has 1 fully saturated rings. The monoisotopic (exact) mass is 186 g/mol. The van der Waals surface area contributed by atoms with Gasteiger partial charge in [-0.25, -0.2) is 0 Å². The molecular weight excluding hydrogens is 164 g/mol. The van der Waals surface area contributed by atoms with Crippen molar-refractivity contribution in [2.24, 2.45) is 0 Å². The van der Waals surface area contributed by atoms with Gasteiger partial charge in [-0.1, -0.05) is 26.4 Å². The van der Waals surface area contributed by atoms with E-state index >= 15 is 0 Å². The largest absolute Gasteiger partial charge is 0.379 e. The Bertz CT molecular complexity index is 122. The molecule has 2 heteroatoms. The van der Waals surface area contributed by atoms with Gasteiger partial charge in [-0.05, 0) is 25.7 Å². The van der Waals surface area contributed by atoms with Crippen LogP contribution >= 0.6 is 0 Å². The van der Waals surface area contributed by atoms with Gasteiger partial charge in [0.15, 0.2) is 0 Å². The zero-order valence-corrected chi connectivity index (χ0v) is 9.88. The predicted molar refractivity (Wildman–Crippen MR) is 56.3 cm³/mol. The molecule has 1 unspecified atom stereocenters. The third-order valence-electron chi connectivity index (χ3n) is 3.11. The molecule has 1 aliphatic rings. The molecular formula is C10H22OSi. The van der Waals surface area contributed by atoms with Crippen LogP contribution < -0.4 is 0 Å². The SMILES string of the molecule is CCCC1([SiH](C)C)CCCCO1. The summed E-state index contributed by atoms with van der Waals surface area (Å²) in [5.74, 6) is 0. The maximum Gasteiger partial charge on any atom is 0.0695 e. The van der Waals surface area contributed by atoms with Crippen molar-refractivity contribution in [2.75, 3.05) is 6.61 Å². The van der Waals surface area contributed by atoms with Crippen LogP contribution in [-0.2, 0) is 4.74 Å². The summed E-state index contributed by atoms with van der Waals surface area (Å²) in [6.45, 7) is 8.16. The average Bonchev–Trinajstić information content (AvgIpc) is 2.06. The Morgan fingerprint density at radius 1 is 1.33 bits per heavy atom. The summed E-state index contributed by atoms with van der Waals surface area (Å²) < 4.78 is 6.03. The van der Waals surface area contributed by atoms with Crippen LogP contribution in [0.3, 0.4) is 0 Å². The van der Waals surface area contributed by atoms with Gasteiger partial charge >= 0.3 is 0 Å². The number of rotatable bonds is 3. The quantitative estimate of drug-likeness (QED) is 0.616. The van der Waals surface area contributed by atoms with E-state index in [2.05, 4.69) is 20.0 Å². The second-order valence-electron chi connectivity index (χ2n) is 4.28. The number of ether oxygens (including phenoxy) is 1. The molecule has 0 amide bonds. The molecule has 12 heavy (non-hydrogen) atoms. The smallest absolute Gasteiger partial charge is 0.0695 e. The Labute approximate surface area is 78.1 Å². The van der Waals surface area contributed by atoms with Crippen LogP contribution in [0, 0.1) is 0 Å². The van der Waals surface area contributed by atoms with Gasteiger partial charge in [0, 0.05) is 6.61 Å². The van der Waals surface area contributed by atoms with Crippen molar-refractivity contribution in [3.05, 3.63) is 0 Å². The fourth-order valence-electron chi connectivity index (χ4n) is 2.24. The Morgan fingerprint density at radius 3 is 2.50 bits per heavy atom. The molecule has 0 aliphatic carbocycles. The zero-order valence-electron chi connectivity index (χ0n) is 8.73. The van der Waals surface area contributed by atoms with Gasteiger partial charge in [0.1, 0.15) is 0 Å². The van der Waals surface area contributed by atoms with Crippen molar-refractivity contribution in [1.29, 1.82) is 0 Å². The van der Waals surface area contributed by atoms with Gasteiger partial charge in [-0.15, -0.1) is 0 Å².